The van der Waals surface area contributed by atoms with E-state index in [2.05, 4.69) is 31.0 Å². The molecule has 0 unspecified atom stereocenters. The number of amides is 2. The van der Waals surface area contributed by atoms with E-state index >= 15 is 0 Å². The van der Waals surface area contributed by atoms with Crippen molar-refractivity contribution in [3.05, 3.63) is 70.9 Å². The van der Waals surface area contributed by atoms with E-state index < -0.39 is 5.41 Å². The van der Waals surface area contributed by atoms with Crippen molar-refractivity contribution in [2.45, 2.75) is 45.8 Å². The lowest BCUT2D eigenvalue weighted by atomic mass is 9.85. The Kier molecular flexibility index (Phi) is 8.07. The Morgan fingerprint density at radius 2 is 1.94 bits per heavy atom. The van der Waals surface area contributed by atoms with Crippen molar-refractivity contribution in [3.63, 3.8) is 0 Å². The van der Waals surface area contributed by atoms with Crippen LogP contribution in [0.4, 0.5) is 5.82 Å². The smallest absolute Gasteiger partial charge is 0.237 e. The number of aryl methyl sites for hydroxylation is 1. The minimum atomic E-state index is -0.492. The molecule has 4 aliphatic heterocycles. The molecule has 8 heterocycles. The van der Waals surface area contributed by atoms with Crippen LogP contribution in [0.2, 0.25) is 0 Å². The van der Waals surface area contributed by atoms with Gasteiger partial charge < -0.3 is 9.64 Å². The number of nitrogens with zero attached hydrogens (tertiary/aromatic N) is 10. The van der Waals surface area contributed by atoms with Crippen LogP contribution in [0, 0.1) is 5.41 Å². The van der Waals surface area contributed by atoms with E-state index in [1.807, 2.05) is 61.2 Å². The van der Waals surface area contributed by atoms with E-state index in [4.69, 9.17) is 14.7 Å². The standard InChI is InChI=1S/C35H38N10O3S/c1-22(2)48-28-7-5-24(16-36-28)30-31-25(17-37-30)4-6-27(40-31)45-15-11-35(34(45)47)10-14-43(20-35)19-29(46)44-12-8-23(9-13-44)33-38-18-26(49-33)32-39-21-42(3)41-32/h4-8,16,18,21-22H,9-15,17,19-20H2,1-3H3/t35-/m0/s1. The molecule has 14 heteroatoms. The molecule has 0 radical (unpaired) electrons. The van der Waals surface area contributed by atoms with Crippen LogP contribution >= 0.6 is 11.3 Å². The number of carbonyl (C=O) groups excluding carboxylic acids is 2. The molecule has 2 fully saturated rings. The van der Waals surface area contributed by atoms with Crippen LogP contribution < -0.4 is 9.64 Å². The number of anilines is 1. The highest BCUT2D eigenvalue weighted by Crippen LogP contribution is 2.42. The summed E-state index contributed by atoms with van der Waals surface area (Å²) in [5.74, 6) is 2.08. The fraction of sp³-hybridized carbons (Fsp3) is 0.429. The third-order valence-corrected chi connectivity index (χ3v) is 10.8. The van der Waals surface area contributed by atoms with Crippen molar-refractivity contribution in [1.29, 1.82) is 0 Å². The highest BCUT2D eigenvalue weighted by molar-refractivity contribution is 7.16. The SMILES string of the molecule is CC(C)Oc1ccc(C2=NCc3ccc(N4CC[C@]5(CCN(CC(=O)N6CC=C(c7ncc(-c8ncn(C)n8)s7)CC6)C5)C4=O)nc32)cn1. The van der Waals surface area contributed by atoms with Crippen LogP contribution in [-0.2, 0) is 23.2 Å². The van der Waals surface area contributed by atoms with Crippen LogP contribution in [0.5, 0.6) is 5.88 Å². The first kappa shape index (κ1) is 31.4. The van der Waals surface area contributed by atoms with Gasteiger partial charge in [-0.2, -0.15) is 5.10 Å². The number of rotatable bonds is 8. The van der Waals surface area contributed by atoms with Gasteiger partial charge >= 0.3 is 0 Å². The largest absolute Gasteiger partial charge is 0.475 e. The average Bonchev–Trinajstić information content (AvgIpc) is 3.94. The maximum Gasteiger partial charge on any atom is 0.237 e. The van der Waals surface area contributed by atoms with Gasteiger partial charge in [0.2, 0.25) is 17.7 Å². The van der Waals surface area contributed by atoms with Crippen LogP contribution in [-0.4, -0.2) is 102 Å². The predicted molar refractivity (Wildman–Crippen MR) is 185 cm³/mol. The van der Waals surface area contributed by atoms with E-state index in [0.29, 0.717) is 56.8 Å². The lowest BCUT2D eigenvalue weighted by Crippen LogP contribution is -2.43. The van der Waals surface area contributed by atoms with Crippen LogP contribution in [0.1, 0.15) is 54.9 Å². The van der Waals surface area contributed by atoms with Gasteiger partial charge in [-0.25, -0.2) is 19.9 Å². The summed E-state index contributed by atoms with van der Waals surface area (Å²) in [6.07, 6.45) is 9.65. The van der Waals surface area contributed by atoms with Crippen molar-refractivity contribution >= 4 is 40.3 Å². The summed E-state index contributed by atoms with van der Waals surface area (Å²) < 4.78 is 7.37. The lowest BCUT2D eigenvalue weighted by Gasteiger charge is -2.28. The summed E-state index contributed by atoms with van der Waals surface area (Å²) in [4.78, 5) is 57.3. The summed E-state index contributed by atoms with van der Waals surface area (Å²) in [6.45, 7) is 7.92. The first-order chi connectivity index (χ1) is 23.7. The molecule has 1 atom stereocenters. The maximum atomic E-state index is 14.0. The maximum absolute atomic E-state index is 14.0. The van der Waals surface area contributed by atoms with Crippen molar-refractivity contribution < 1.29 is 14.3 Å². The van der Waals surface area contributed by atoms with Gasteiger partial charge in [0.25, 0.3) is 0 Å². The van der Waals surface area contributed by atoms with E-state index in [1.165, 1.54) is 0 Å². The second-order valence-electron chi connectivity index (χ2n) is 13.4. The Labute approximate surface area is 288 Å². The zero-order valence-corrected chi connectivity index (χ0v) is 28.7. The zero-order chi connectivity index (χ0) is 33.7. The van der Waals surface area contributed by atoms with E-state index in [1.54, 1.807) is 28.5 Å². The molecule has 0 N–H and O–H groups in total. The van der Waals surface area contributed by atoms with E-state index in [9.17, 15) is 9.59 Å². The van der Waals surface area contributed by atoms with Crippen molar-refractivity contribution in [3.8, 4) is 16.6 Å². The van der Waals surface area contributed by atoms with Crippen LogP contribution in [0.3, 0.4) is 0 Å². The highest BCUT2D eigenvalue weighted by atomic mass is 32.1. The van der Waals surface area contributed by atoms with Crippen molar-refractivity contribution in [2.24, 2.45) is 17.5 Å². The highest BCUT2D eigenvalue weighted by Gasteiger charge is 2.51. The van der Waals surface area contributed by atoms with Gasteiger partial charge in [0.15, 0.2) is 5.82 Å². The van der Waals surface area contributed by atoms with E-state index in [0.717, 1.165) is 63.8 Å². The number of pyridine rings is 2. The lowest BCUT2D eigenvalue weighted by molar-refractivity contribution is -0.132. The van der Waals surface area contributed by atoms with E-state index in [-0.39, 0.29) is 17.9 Å². The third-order valence-electron chi connectivity index (χ3n) is 9.71. The second kappa shape index (κ2) is 12.6. The molecule has 13 nitrogen and oxygen atoms in total. The van der Waals surface area contributed by atoms with Crippen molar-refractivity contribution in [2.75, 3.05) is 44.2 Å². The first-order valence-electron chi connectivity index (χ1n) is 16.8. The molecule has 4 aliphatic rings. The van der Waals surface area contributed by atoms with Gasteiger partial charge in [-0.1, -0.05) is 12.1 Å². The Bertz CT molecular complexity index is 1980. The fourth-order valence-electron chi connectivity index (χ4n) is 7.13. The van der Waals surface area contributed by atoms with Gasteiger partial charge in [0, 0.05) is 62.8 Å². The Balaban J connectivity index is 0.883. The molecular weight excluding hydrogens is 641 g/mol. The summed E-state index contributed by atoms with van der Waals surface area (Å²) in [7, 11) is 1.84. The number of thiazole rings is 1. The zero-order valence-electron chi connectivity index (χ0n) is 27.9. The van der Waals surface area contributed by atoms with Gasteiger partial charge in [-0.15, -0.1) is 11.3 Å². The monoisotopic (exact) mass is 678 g/mol. The van der Waals surface area contributed by atoms with Gasteiger partial charge in [0.05, 0.1) is 40.9 Å². The molecule has 2 amide bonds. The summed E-state index contributed by atoms with van der Waals surface area (Å²) in [6, 6.07) is 7.76. The second-order valence-corrected chi connectivity index (χ2v) is 14.5. The Morgan fingerprint density at radius 1 is 1.06 bits per heavy atom. The molecule has 2 saturated heterocycles. The van der Waals surface area contributed by atoms with Crippen molar-refractivity contribution in [1.82, 2.24) is 39.5 Å². The molecule has 0 aromatic carbocycles. The fourth-order valence-corrected chi connectivity index (χ4v) is 8.05. The number of aromatic nitrogens is 6. The molecule has 1 spiro atoms. The third kappa shape index (κ3) is 6.03. The molecule has 4 aromatic heterocycles. The van der Waals surface area contributed by atoms with Gasteiger partial charge in [0.1, 0.15) is 17.2 Å². The summed E-state index contributed by atoms with van der Waals surface area (Å²) in [5.41, 5.74) is 4.14. The normalized spacial score (nSPS) is 20.8. The minimum absolute atomic E-state index is 0.0444. The molecule has 49 heavy (non-hydrogen) atoms. The number of ether oxygens (including phenoxy) is 1. The number of likely N-dealkylation sites (tertiary alicyclic amines) is 1. The topological polar surface area (TPSA) is 135 Å². The quantitative estimate of drug-likeness (QED) is 0.274. The molecule has 8 rings (SSSR count). The molecule has 0 bridgehead atoms. The van der Waals surface area contributed by atoms with Crippen LogP contribution in [0.25, 0.3) is 16.3 Å². The average molecular weight is 679 g/mol. The predicted octanol–water partition coefficient (Wildman–Crippen LogP) is 3.61. The molecule has 0 saturated carbocycles. The number of aliphatic imine (C=N–C) groups is 1. The number of hydrogen-bond donors (Lipinski definition) is 0. The molecule has 252 valence electrons. The minimum Gasteiger partial charge on any atom is -0.475 e. The molecule has 4 aromatic rings. The molecular formula is C35H38N10O3S. The first-order valence-corrected chi connectivity index (χ1v) is 17.6. The Hall–Kier alpha value is -4.82. The number of fused-ring (bicyclic) bond motifs is 1. The van der Waals surface area contributed by atoms with Gasteiger partial charge in [-0.3, -0.25) is 29.1 Å². The number of hydrogen-bond acceptors (Lipinski definition) is 11. The van der Waals surface area contributed by atoms with Gasteiger partial charge in [-0.05, 0) is 57.4 Å². The van der Waals surface area contributed by atoms with Crippen LogP contribution in [0.15, 0.2) is 54.1 Å². The summed E-state index contributed by atoms with van der Waals surface area (Å²) >= 11 is 1.58. The number of carbonyl (C=O) groups is 2. The molecule has 0 aliphatic carbocycles. The Morgan fingerprint density at radius 3 is 2.69 bits per heavy atom. The summed E-state index contributed by atoms with van der Waals surface area (Å²) in [5, 5.41) is 5.32.